The molecule has 1 aromatic heterocycles. The molecular weight excluding hydrogens is 194 g/mol. The molecule has 0 spiro atoms. The van der Waals surface area contributed by atoms with Crippen molar-refractivity contribution in [2.45, 2.75) is 5.03 Å². The zero-order valence-electron chi connectivity index (χ0n) is 6.75. The third-order valence-electron chi connectivity index (χ3n) is 1.33. The highest BCUT2D eigenvalue weighted by atomic mass is 32.2. The van der Waals surface area contributed by atoms with E-state index in [1.807, 2.05) is 6.26 Å². The Morgan fingerprint density at radius 1 is 1.75 bits per heavy atom. The molecule has 66 valence electrons. The van der Waals surface area contributed by atoms with Crippen molar-refractivity contribution in [1.82, 2.24) is 4.37 Å². The number of hydrogen-bond donors (Lipinski definition) is 2. The van der Waals surface area contributed by atoms with E-state index in [1.165, 1.54) is 23.3 Å². The van der Waals surface area contributed by atoms with E-state index in [0.29, 0.717) is 10.6 Å². The summed E-state index contributed by atoms with van der Waals surface area (Å²) in [5.41, 5.74) is 5.68. The van der Waals surface area contributed by atoms with Gasteiger partial charge in [0.1, 0.15) is 15.6 Å². The first-order valence-electron chi connectivity index (χ1n) is 3.22. The Balaban J connectivity index is 3.16. The average Bonchev–Trinajstić information content (AvgIpc) is 2.46. The van der Waals surface area contributed by atoms with Gasteiger partial charge in [0.15, 0.2) is 0 Å². The molecule has 0 aliphatic carbocycles. The highest BCUT2D eigenvalue weighted by Crippen LogP contribution is 2.29. The summed E-state index contributed by atoms with van der Waals surface area (Å²) in [6.07, 6.45) is 1.86. The minimum absolute atomic E-state index is 0.433. The molecule has 0 fully saturated rings. The van der Waals surface area contributed by atoms with Gasteiger partial charge in [-0.1, -0.05) is 0 Å². The van der Waals surface area contributed by atoms with Crippen LogP contribution in [0.3, 0.4) is 0 Å². The van der Waals surface area contributed by atoms with Gasteiger partial charge in [-0.3, -0.25) is 4.79 Å². The highest BCUT2D eigenvalue weighted by Gasteiger charge is 2.16. The summed E-state index contributed by atoms with van der Waals surface area (Å²) in [7, 11) is 1.74. The molecule has 1 aromatic rings. The molecule has 0 saturated heterocycles. The Kier molecular flexibility index (Phi) is 2.93. The van der Waals surface area contributed by atoms with Crippen molar-refractivity contribution in [3.63, 3.8) is 0 Å². The van der Waals surface area contributed by atoms with Gasteiger partial charge < -0.3 is 11.1 Å². The molecule has 0 aliphatic heterocycles. The maximum atomic E-state index is 11.0. The first kappa shape index (κ1) is 9.34. The fourth-order valence-electron chi connectivity index (χ4n) is 0.803. The first-order valence-corrected chi connectivity index (χ1v) is 5.21. The van der Waals surface area contributed by atoms with Crippen molar-refractivity contribution in [1.29, 1.82) is 0 Å². The van der Waals surface area contributed by atoms with E-state index in [2.05, 4.69) is 9.69 Å². The van der Waals surface area contributed by atoms with Crippen LogP contribution in [0.15, 0.2) is 5.03 Å². The van der Waals surface area contributed by atoms with Crippen molar-refractivity contribution in [2.24, 2.45) is 5.73 Å². The smallest absolute Gasteiger partial charge is 0.254 e. The van der Waals surface area contributed by atoms with E-state index in [9.17, 15) is 4.79 Å². The standard InChI is InChI=1S/C6H9N3OS2/c1-8-5-3(4(7)10)6(11-2)9-12-5/h8H,1-2H3,(H2,7,10). The summed E-state index contributed by atoms with van der Waals surface area (Å²) in [5, 5.41) is 4.29. The highest BCUT2D eigenvalue weighted by molar-refractivity contribution is 7.98. The fourth-order valence-corrected chi connectivity index (χ4v) is 2.33. The molecule has 1 rings (SSSR count). The van der Waals surface area contributed by atoms with Crippen LogP contribution in [0.1, 0.15) is 10.4 Å². The van der Waals surface area contributed by atoms with E-state index >= 15 is 0 Å². The van der Waals surface area contributed by atoms with Crippen LogP contribution in [0.25, 0.3) is 0 Å². The molecule has 6 heteroatoms. The number of thioether (sulfide) groups is 1. The minimum Gasteiger partial charge on any atom is -0.378 e. The molecule has 0 aromatic carbocycles. The van der Waals surface area contributed by atoms with Crippen LogP contribution < -0.4 is 11.1 Å². The SMILES string of the molecule is CNc1snc(SC)c1C(N)=O. The van der Waals surface area contributed by atoms with E-state index in [4.69, 9.17) is 5.73 Å². The zero-order valence-corrected chi connectivity index (χ0v) is 8.38. The molecule has 1 amide bonds. The van der Waals surface area contributed by atoms with Crippen LogP contribution in [0, 0.1) is 0 Å². The second kappa shape index (κ2) is 3.77. The summed E-state index contributed by atoms with van der Waals surface area (Å²) in [5.74, 6) is -0.433. The normalized spacial score (nSPS) is 9.83. The second-order valence-corrected chi connectivity index (χ2v) is 3.58. The summed E-state index contributed by atoms with van der Waals surface area (Å²) in [6, 6.07) is 0. The largest absolute Gasteiger partial charge is 0.378 e. The van der Waals surface area contributed by atoms with Crippen molar-refractivity contribution < 1.29 is 4.79 Å². The third kappa shape index (κ3) is 1.54. The molecule has 0 unspecified atom stereocenters. The topological polar surface area (TPSA) is 68.0 Å². The molecule has 0 radical (unpaired) electrons. The van der Waals surface area contributed by atoms with Crippen LogP contribution in [0.5, 0.6) is 0 Å². The maximum absolute atomic E-state index is 11.0. The fraction of sp³-hybridized carbons (Fsp3) is 0.333. The molecule has 0 bridgehead atoms. The lowest BCUT2D eigenvalue weighted by Gasteiger charge is -1.97. The Morgan fingerprint density at radius 2 is 2.42 bits per heavy atom. The van der Waals surface area contributed by atoms with Crippen LogP contribution in [0.2, 0.25) is 0 Å². The molecule has 3 N–H and O–H groups in total. The lowest BCUT2D eigenvalue weighted by Crippen LogP contribution is -2.12. The summed E-state index contributed by atoms with van der Waals surface area (Å²) in [6.45, 7) is 0. The number of nitrogens with one attached hydrogen (secondary N) is 1. The number of rotatable bonds is 3. The molecule has 1 heterocycles. The van der Waals surface area contributed by atoms with Gasteiger partial charge in [-0.15, -0.1) is 11.8 Å². The number of hydrogen-bond acceptors (Lipinski definition) is 5. The Labute approximate surface area is 78.7 Å². The average molecular weight is 203 g/mol. The van der Waals surface area contributed by atoms with Gasteiger partial charge >= 0.3 is 0 Å². The quantitative estimate of drug-likeness (QED) is 0.719. The number of anilines is 1. The minimum atomic E-state index is -0.433. The van der Waals surface area contributed by atoms with Gasteiger partial charge in [0.2, 0.25) is 0 Å². The Hall–Kier alpha value is -0.750. The number of primary amides is 1. The number of amides is 1. The summed E-state index contributed by atoms with van der Waals surface area (Å²) in [4.78, 5) is 11.0. The Bertz CT molecular complexity index is 275. The van der Waals surface area contributed by atoms with Crippen molar-refractivity contribution in [3.8, 4) is 0 Å². The number of aromatic nitrogens is 1. The van der Waals surface area contributed by atoms with Crippen LogP contribution in [-0.2, 0) is 0 Å². The van der Waals surface area contributed by atoms with Crippen LogP contribution in [-0.4, -0.2) is 23.6 Å². The van der Waals surface area contributed by atoms with E-state index in [0.717, 1.165) is 5.00 Å². The monoisotopic (exact) mass is 203 g/mol. The molecule has 0 aliphatic rings. The van der Waals surface area contributed by atoms with E-state index in [-0.39, 0.29) is 0 Å². The lowest BCUT2D eigenvalue weighted by atomic mass is 10.3. The summed E-state index contributed by atoms with van der Waals surface area (Å²) >= 11 is 2.66. The van der Waals surface area contributed by atoms with Crippen LogP contribution in [0.4, 0.5) is 5.00 Å². The van der Waals surface area contributed by atoms with Gasteiger partial charge in [-0.05, 0) is 17.8 Å². The van der Waals surface area contributed by atoms with Crippen molar-refractivity contribution in [3.05, 3.63) is 5.56 Å². The van der Waals surface area contributed by atoms with Gasteiger partial charge in [0.05, 0.1) is 0 Å². The second-order valence-electron chi connectivity index (χ2n) is 2.01. The van der Waals surface area contributed by atoms with Gasteiger partial charge in [-0.2, -0.15) is 4.37 Å². The summed E-state index contributed by atoms with van der Waals surface area (Å²) < 4.78 is 4.07. The molecule has 0 atom stereocenters. The van der Waals surface area contributed by atoms with Crippen molar-refractivity contribution >= 4 is 34.2 Å². The molecule has 0 saturated carbocycles. The maximum Gasteiger partial charge on any atom is 0.254 e. The first-order chi connectivity index (χ1) is 5.70. The lowest BCUT2D eigenvalue weighted by molar-refractivity contribution is 0.0998. The predicted octanol–water partition coefficient (Wildman–Crippen LogP) is 1.01. The van der Waals surface area contributed by atoms with Gasteiger partial charge in [0, 0.05) is 7.05 Å². The molecule has 4 nitrogen and oxygen atoms in total. The molecular formula is C6H9N3OS2. The predicted molar refractivity (Wildman–Crippen MR) is 52.0 cm³/mol. The number of carbonyl (C=O) groups is 1. The van der Waals surface area contributed by atoms with Crippen LogP contribution >= 0.6 is 23.3 Å². The number of nitrogens with zero attached hydrogens (tertiary/aromatic N) is 1. The van der Waals surface area contributed by atoms with E-state index < -0.39 is 5.91 Å². The zero-order chi connectivity index (χ0) is 9.14. The van der Waals surface area contributed by atoms with E-state index in [1.54, 1.807) is 7.05 Å². The Morgan fingerprint density at radius 3 is 2.83 bits per heavy atom. The molecule has 12 heavy (non-hydrogen) atoms. The number of carbonyl (C=O) groups excluding carboxylic acids is 1. The van der Waals surface area contributed by atoms with Crippen molar-refractivity contribution in [2.75, 3.05) is 18.6 Å². The third-order valence-corrected chi connectivity index (χ3v) is 2.99. The number of nitrogens with two attached hydrogens (primary N) is 1. The van der Waals surface area contributed by atoms with Gasteiger partial charge in [-0.25, -0.2) is 0 Å². The van der Waals surface area contributed by atoms with Gasteiger partial charge in [0.25, 0.3) is 5.91 Å².